The Morgan fingerprint density at radius 1 is 1.31 bits per heavy atom. The molecule has 1 aliphatic heterocycles. The third kappa shape index (κ3) is 4.42. The lowest BCUT2D eigenvalue weighted by atomic mass is 10.1. The van der Waals surface area contributed by atoms with Crippen LogP contribution in [0, 0.1) is 18.7 Å². The van der Waals surface area contributed by atoms with E-state index in [1.807, 2.05) is 26.0 Å². The maximum atomic E-state index is 11.8. The van der Waals surface area contributed by atoms with Gasteiger partial charge in [-0.25, -0.2) is 13.1 Å². The number of benzene rings is 1. The van der Waals surface area contributed by atoms with Crippen molar-refractivity contribution in [2.45, 2.75) is 46.3 Å². The number of hydrogen-bond acceptors (Lipinski definition) is 6. The highest BCUT2D eigenvalue weighted by Gasteiger charge is 2.32. The fourth-order valence-electron chi connectivity index (χ4n) is 3.50. The zero-order valence-corrected chi connectivity index (χ0v) is 17.1. The van der Waals surface area contributed by atoms with Gasteiger partial charge >= 0.3 is 0 Å². The van der Waals surface area contributed by atoms with Gasteiger partial charge in [-0.3, -0.25) is 4.90 Å². The highest BCUT2D eigenvalue weighted by molar-refractivity contribution is 7.91. The number of hydrogen-bond donors (Lipinski definition) is 0. The van der Waals surface area contributed by atoms with E-state index in [0.29, 0.717) is 23.8 Å². The van der Waals surface area contributed by atoms with E-state index in [1.54, 1.807) is 4.68 Å². The van der Waals surface area contributed by atoms with E-state index >= 15 is 0 Å². The average Bonchev–Trinajstić information content (AvgIpc) is 3.09. The topological polar surface area (TPSA) is 68.3 Å². The first-order chi connectivity index (χ1) is 12.3. The maximum absolute atomic E-state index is 11.8. The Labute approximate surface area is 159 Å². The molecule has 0 aliphatic carbocycles. The van der Waals surface area contributed by atoms with Crippen LogP contribution in [0.25, 0.3) is 11.5 Å². The molecule has 0 amide bonds. The minimum absolute atomic E-state index is 0.0169. The van der Waals surface area contributed by atoms with Crippen LogP contribution in [0.5, 0.6) is 0 Å². The van der Waals surface area contributed by atoms with Crippen LogP contribution in [0.4, 0.5) is 0 Å². The molecule has 0 saturated carbocycles. The third-order valence-corrected chi connectivity index (χ3v) is 6.67. The average molecular weight is 396 g/mol. The van der Waals surface area contributed by atoms with Gasteiger partial charge in [0.15, 0.2) is 9.84 Å². The molecule has 1 unspecified atom stereocenters. The van der Waals surface area contributed by atoms with E-state index in [1.165, 1.54) is 0 Å². The Hall–Kier alpha value is -1.51. The van der Waals surface area contributed by atoms with Gasteiger partial charge in [-0.05, 0) is 57.6 Å². The second-order valence-corrected chi connectivity index (χ2v) is 9.64. The van der Waals surface area contributed by atoms with E-state index in [2.05, 4.69) is 23.0 Å². The monoisotopic (exact) mass is 395 g/mol. The summed E-state index contributed by atoms with van der Waals surface area (Å²) in [6, 6.07) is 6.15. The van der Waals surface area contributed by atoms with Gasteiger partial charge in [0, 0.05) is 11.6 Å². The number of aromatic nitrogens is 2. The summed E-state index contributed by atoms with van der Waals surface area (Å²) in [6.07, 6.45) is 1.60. The van der Waals surface area contributed by atoms with Crippen molar-refractivity contribution in [3.63, 3.8) is 0 Å². The summed E-state index contributed by atoms with van der Waals surface area (Å²) in [5.74, 6) is 0.968. The van der Waals surface area contributed by atoms with Gasteiger partial charge in [0.1, 0.15) is 0 Å². The molecule has 2 heterocycles. The smallest absolute Gasteiger partial charge is 0.288 e. The molecular weight excluding hydrogens is 370 g/mol. The molecule has 142 valence electrons. The minimum atomic E-state index is -2.93. The molecule has 1 saturated heterocycles. The Bertz CT molecular complexity index is 927. The van der Waals surface area contributed by atoms with Gasteiger partial charge in [0.25, 0.3) is 4.84 Å². The molecule has 0 N–H and O–H groups in total. The Morgan fingerprint density at radius 2 is 2.00 bits per heavy atom. The zero-order chi connectivity index (χ0) is 18.9. The van der Waals surface area contributed by atoms with Crippen LogP contribution in [-0.2, 0) is 16.5 Å². The van der Waals surface area contributed by atoms with Gasteiger partial charge < -0.3 is 4.42 Å². The van der Waals surface area contributed by atoms with E-state index in [-0.39, 0.29) is 17.5 Å². The largest absolute Gasteiger partial charge is 0.409 e. The van der Waals surface area contributed by atoms with Crippen molar-refractivity contribution >= 4 is 22.1 Å². The van der Waals surface area contributed by atoms with Crippen molar-refractivity contribution in [2.75, 3.05) is 18.1 Å². The number of aryl methyl sites for hydroxylation is 2. The van der Waals surface area contributed by atoms with Gasteiger partial charge in [-0.2, -0.15) is 0 Å². The normalized spacial score (nSPS) is 19.3. The van der Waals surface area contributed by atoms with E-state index in [4.69, 9.17) is 16.6 Å². The van der Waals surface area contributed by atoms with Crippen molar-refractivity contribution in [3.8, 4) is 11.5 Å². The fraction of sp³-hybridized carbons (Fsp3) is 0.556. The fourth-order valence-corrected chi connectivity index (χ4v) is 5.44. The van der Waals surface area contributed by atoms with Crippen molar-refractivity contribution in [3.05, 3.63) is 34.2 Å². The van der Waals surface area contributed by atoms with Crippen LogP contribution >= 0.6 is 12.2 Å². The van der Waals surface area contributed by atoms with Crippen molar-refractivity contribution in [1.82, 2.24) is 14.7 Å². The molecule has 26 heavy (non-hydrogen) atoms. The van der Waals surface area contributed by atoms with Crippen LogP contribution in [0.1, 0.15) is 30.9 Å². The van der Waals surface area contributed by atoms with E-state index < -0.39 is 9.84 Å². The first-order valence-corrected chi connectivity index (χ1v) is 11.1. The number of nitrogens with zero attached hydrogens (tertiary/aromatic N) is 3. The van der Waals surface area contributed by atoms with Crippen LogP contribution in [-0.4, -0.2) is 47.2 Å². The summed E-state index contributed by atoms with van der Waals surface area (Å²) in [4.78, 5) is 2.45. The molecule has 0 spiro atoms. The van der Waals surface area contributed by atoms with Gasteiger partial charge in [-0.15, -0.1) is 5.10 Å². The molecule has 0 bridgehead atoms. The summed E-state index contributed by atoms with van der Waals surface area (Å²) in [5, 5.41) is 4.55. The highest BCUT2D eigenvalue weighted by atomic mass is 32.2. The van der Waals surface area contributed by atoms with Gasteiger partial charge in [0.2, 0.25) is 5.89 Å². The third-order valence-electron chi connectivity index (χ3n) is 4.63. The molecule has 1 fully saturated rings. The summed E-state index contributed by atoms with van der Waals surface area (Å²) in [7, 11) is -2.93. The van der Waals surface area contributed by atoms with Crippen LogP contribution < -0.4 is 0 Å². The first kappa shape index (κ1) is 19.3. The van der Waals surface area contributed by atoms with Gasteiger partial charge in [0.05, 0.1) is 18.2 Å². The summed E-state index contributed by atoms with van der Waals surface area (Å²) >= 11 is 5.35. The molecule has 1 aliphatic rings. The Balaban J connectivity index is 1.84. The predicted molar refractivity (Wildman–Crippen MR) is 104 cm³/mol. The molecule has 1 aromatic carbocycles. The SMILES string of the molecule is CCCN(Cn1nc(-c2cc(C)cc(C)c2)oc1=S)C1CCS(=O)(=O)C1. The minimum Gasteiger partial charge on any atom is -0.409 e. The summed E-state index contributed by atoms with van der Waals surface area (Å²) in [6.45, 7) is 7.39. The molecule has 3 rings (SSSR count). The van der Waals surface area contributed by atoms with Crippen LogP contribution in [0.15, 0.2) is 22.6 Å². The highest BCUT2D eigenvalue weighted by Crippen LogP contribution is 2.23. The maximum Gasteiger partial charge on any atom is 0.288 e. The molecule has 2 aromatic rings. The molecule has 6 nitrogen and oxygen atoms in total. The van der Waals surface area contributed by atoms with Crippen molar-refractivity contribution in [1.29, 1.82) is 0 Å². The molecule has 1 atom stereocenters. The second-order valence-electron chi connectivity index (χ2n) is 7.06. The molecule has 1 aromatic heterocycles. The summed E-state index contributed by atoms with van der Waals surface area (Å²) < 4.78 is 31.0. The second kappa shape index (κ2) is 7.62. The van der Waals surface area contributed by atoms with Crippen molar-refractivity contribution in [2.24, 2.45) is 0 Å². The lowest BCUT2D eigenvalue weighted by Crippen LogP contribution is -2.38. The molecule has 8 heteroatoms. The molecular formula is C18H25N3O3S2. The zero-order valence-electron chi connectivity index (χ0n) is 15.4. The van der Waals surface area contributed by atoms with Gasteiger partial charge in [-0.1, -0.05) is 24.1 Å². The number of sulfone groups is 1. The lowest BCUT2D eigenvalue weighted by molar-refractivity contribution is 0.153. The van der Waals surface area contributed by atoms with E-state index in [0.717, 1.165) is 29.7 Å². The Kier molecular flexibility index (Phi) is 5.64. The summed E-state index contributed by atoms with van der Waals surface area (Å²) in [5.41, 5.74) is 3.18. The van der Waals surface area contributed by atoms with Crippen LogP contribution in [0.3, 0.4) is 0 Å². The lowest BCUT2D eigenvalue weighted by Gasteiger charge is -2.26. The standard InChI is InChI=1S/C18H25N3O3S2/c1-4-6-20(16-5-7-26(22,23)11-16)12-21-18(25)24-17(19-21)15-9-13(2)8-14(3)10-15/h8-10,16H,4-7,11-12H2,1-3H3. The van der Waals surface area contributed by atoms with Crippen molar-refractivity contribution < 1.29 is 12.8 Å². The van der Waals surface area contributed by atoms with E-state index in [9.17, 15) is 8.42 Å². The quantitative estimate of drug-likeness (QED) is 0.699. The molecule has 0 radical (unpaired) electrons. The number of rotatable bonds is 6. The van der Waals surface area contributed by atoms with Crippen LogP contribution in [0.2, 0.25) is 0 Å². The Morgan fingerprint density at radius 3 is 2.58 bits per heavy atom. The first-order valence-electron chi connectivity index (χ1n) is 8.88. The predicted octanol–water partition coefficient (Wildman–Crippen LogP) is 3.35.